The van der Waals surface area contributed by atoms with Crippen LogP contribution in [0, 0.1) is 0 Å². The minimum absolute atomic E-state index is 0.462. The molecule has 2 atom stereocenters. The first-order valence-electron chi connectivity index (χ1n) is 6.33. The van der Waals surface area contributed by atoms with Gasteiger partial charge in [0.25, 0.3) is 0 Å². The topological polar surface area (TPSA) is 55.5 Å². The SMILES string of the molecule is COc1ccccc1[C@@H](N)[C@@H](O)Cc1ccccc1. The molecule has 0 aromatic heterocycles. The third kappa shape index (κ3) is 3.34. The first kappa shape index (κ1) is 13.6. The van der Waals surface area contributed by atoms with E-state index in [9.17, 15) is 5.11 Å². The number of hydrogen-bond acceptors (Lipinski definition) is 3. The van der Waals surface area contributed by atoms with Crippen molar-refractivity contribution in [2.24, 2.45) is 5.73 Å². The lowest BCUT2D eigenvalue weighted by Crippen LogP contribution is -2.28. The van der Waals surface area contributed by atoms with Crippen molar-refractivity contribution >= 4 is 0 Å². The quantitative estimate of drug-likeness (QED) is 0.864. The predicted molar refractivity (Wildman–Crippen MR) is 76.1 cm³/mol. The molecular formula is C16H19NO2. The Balaban J connectivity index is 2.12. The lowest BCUT2D eigenvalue weighted by molar-refractivity contribution is 0.143. The highest BCUT2D eigenvalue weighted by Crippen LogP contribution is 2.26. The first-order valence-corrected chi connectivity index (χ1v) is 6.33. The van der Waals surface area contributed by atoms with Gasteiger partial charge in [0.05, 0.1) is 19.3 Å². The van der Waals surface area contributed by atoms with Crippen molar-refractivity contribution in [1.29, 1.82) is 0 Å². The molecule has 0 aliphatic rings. The summed E-state index contributed by atoms with van der Waals surface area (Å²) in [7, 11) is 1.61. The Labute approximate surface area is 113 Å². The zero-order chi connectivity index (χ0) is 13.7. The van der Waals surface area contributed by atoms with Gasteiger partial charge in [0.15, 0.2) is 0 Å². The van der Waals surface area contributed by atoms with Crippen molar-refractivity contribution in [2.45, 2.75) is 18.6 Å². The minimum Gasteiger partial charge on any atom is -0.496 e. The molecule has 3 N–H and O–H groups in total. The summed E-state index contributed by atoms with van der Waals surface area (Å²) in [5, 5.41) is 10.3. The molecule has 2 aromatic rings. The molecule has 0 aliphatic heterocycles. The predicted octanol–water partition coefficient (Wildman–Crippen LogP) is 2.30. The summed E-state index contributed by atoms with van der Waals surface area (Å²) in [6.07, 6.45) is -0.112. The third-order valence-electron chi connectivity index (χ3n) is 3.20. The van der Waals surface area contributed by atoms with E-state index in [0.717, 1.165) is 11.1 Å². The molecule has 0 bridgehead atoms. The number of aliphatic hydroxyl groups excluding tert-OH is 1. The summed E-state index contributed by atoms with van der Waals surface area (Å²) in [5.41, 5.74) is 8.03. The Bertz CT molecular complexity index is 513. The fourth-order valence-corrected chi connectivity index (χ4v) is 2.13. The number of hydrogen-bond donors (Lipinski definition) is 2. The second kappa shape index (κ2) is 6.36. The van der Waals surface area contributed by atoms with Gasteiger partial charge in [0.1, 0.15) is 5.75 Å². The molecule has 0 spiro atoms. The normalized spacial score (nSPS) is 13.8. The van der Waals surface area contributed by atoms with Crippen LogP contribution in [0.1, 0.15) is 17.2 Å². The molecule has 19 heavy (non-hydrogen) atoms. The maximum atomic E-state index is 10.3. The molecule has 0 heterocycles. The molecule has 3 heteroatoms. The van der Waals surface area contributed by atoms with Crippen molar-refractivity contribution in [1.82, 2.24) is 0 Å². The molecule has 0 unspecified atom stereocenters. The zero-order valence-electron chi connectivity index (χ0n) is 11.0. The lowest BCUT2D eigenvalue weighted by Gasteiger charge is -2.21. The number of benzene rings is 2. The molecule has 100 valence electrons. The van der Waals surface area contributed by atoms with E-state index in [1.54, 1.807) is 7.11 Å². The average molecular weight is 257 g/mol. The number of ether oxygens (including phenoxy) is 1. The summed E-state index contributed by atoms with van der Waals surface area (Å²) in [4.78, 5) is 0. The van der Waals surface area contributed by atoms with E-state index in [1.807, 2.05) is 54.6 Å². The van der Waals surface area contributed by atoms with Crippen molar-refractivity contribution in [3.8, 4) is 5.75 Å². The first-order chi connectivity index (χ1) is 9.22. The number of aliphatic hydroxyl groups is 1. The van der Waals surface area contributed by atoms with Gasteiger partial charge in [-0.25, -0.2) is 0 Å². The van der Waals surface area contributed by atoms with Crippen LogP contribution in [0.2, 0.25) is 0 Å². The van der Waals surface area contributed by atoms with Crippen LogP contribution in [0.3, 0.4) is 0 Å². The monoisotopic (exact) mass is 257 g/mol. The van der Waals surface area contributed by atoms with Gasteiger partial charge in [-0.15, -0.1) is 0 Å². The highest BCUT2D eigenvalue weighted by Gasteiger charge is 2.20. The second-order valence-electron chi connectivity index (χ2n) is 4.52. The molecule has 0 saturated heterocycles. The van der Waals surface area contributed by atoms with Gasteiger partial charge in [-0.3, -0.25) is 0 Å². The molecular weight excluding hydrogens is 238 g/mol. The van der Waals surface area contributed by atoms with Gasteiger partial charge < -0.3 is 15.6 Å². The van der Waals surface area contributed by atoms with Gasteiger partial charge in [-0.05, 0) is 11.6 Å². The Morgan fingerprint density at radius 2 is 1.68 bits per heavy atom. The van der Waals surface area contributed by atoms with E-state index in [1.165, 1.54) is 0 Å². The summed E-state index contributed by atoms with van der Waals surface area (Å²) in [5.74, 6) is 0.710. The van der Waals surface area contributed by atoms with Crippen LogP contribution >= 0.6 is 0 Å². The van der Waals surface area contributed by atoms with E-state index >= 15 is 0 Å². The number of para-hydroxylation sites is 1. The zero-order valence-corrected chi connectivity index (χ0v) is 11.0. The molecule has 0 fully saturated rings. The molecule has 3 nitrogen and oxygen atoms in total. The fourth-order valence-electron chi connectivity index (χ4n) is 2.13. The molecule has 2 aromatic carbocycles. The Hall–Kier alpha value is -1.84. The van der Waals surface area contributed by atoms with E-state index < -0.39 is 12.1 Å². The van der Waals surface area contributed by atoms with Gasteiger partial charge >= 0.3 is 0 Å². The van der Waals surface area contributed by atoms with E-state index in [4.69, 9.17) is 10.5 Å². The number of methoxy groups -OCH3 is 1. The summed E-state index contributed by atoms with van der Waals surface area (Å²) in [6.45, 7) is 0. The average Bonchev–Trinajstić information content (AvgIpc) is 2.47. The van der Waals surface area contributed by atoms with Crippen molar-refractivity contribution in [3.05, 3.63) is 65.7 Å². The van der Waals surface area contributed by atoms with E-state index in [0.29, 0.717) is 12.2 Å². The molecule has 2 rings (SSSR count). The van der Waals surface area contributed by atoms with Crippen LogP contribution < -0.4 is 10.5 Å². The Morgan fingerprint density at radius 1 is 1.05 bits per heavy atom. The summed E-state index contributed by atoms with van der Waals surface area (Å²) >= 11 is 0. The number of nitrogens with two attached hydrogens (primary N) is 1. The van der Waals surface area contributed by atoms with Crippen LogP contribution in [0.5, 0.6) is 5.75 Å². The summed E-state index contributed by atoms with van der Waals surface area (Å²) < 4.78 is 5.28. The Morgan fingerprint density at radius 3 is 2.37 bits per heavy atom. The number of rotatable bonds is 5. The smallest absolute Gasteiger partial charge is 0.123 e. The largest absolute Gasteiger partial charge is 0.496 e. The molecule has 0 aliphatic carbocycles. The van der Waals surface area contributed by atoms with Crippen LogP contribution in [0.4, 0.5) is 0 Å². The van der Waals surface area contributed by atoms with Crippen LogP contribution in [-0.4, -0.2) is 18.3 Å². The lowest BCUT2D eigenvalue weighted by atomic mass is 9.96. The minimum atomic E-state index is -0.640. The van der Waals surface area contributed by atoms with Gasteiger partial charge in [-0.2, -0.15) is 0 Å². The van der Waals surface area contributed by atoms with Gasteiger partial charge in [-0.1, -0.05) is 48.5 Å². The van der Waals surface area contributed by atoms with Crippen LogP contribution in [0.25, 0.3) is 0 Å². The van der Waals surface area contributed by atoms with E-state index in [2.05, 4.69) is 0 Å². The maximum Gasteiger partial charge on any atom is 0.123 e. The fraction of sp³-hybridized carbons (Fsp3) is 0.250. The molecule has 0 amide bonds. The molecule has 0 saturated carbocycles. The van der Waals surface area contributed by atoms with Crippen LogP contribution in [-0.2, 0) is 6.42 Å². The second-order valence-corrected chi connectivity index (χ2v) is 4.52. The van der Waals surface area contributed by atoms with Gasteiger partial charge in [0.2, 0.25) is 0 Å². The van der Waals surface area contributed by atoms with Crippen molar-refractivity contribution in [3.63, 3.8) is 0 Å². The Kier molecular flexibility index (Phi) is 4.55. The van der Waals surface area contributed by atoms with Crippen LogP contribution in [0.15, 0.2) is 54.6 Å². The molecule has 0 radical (unpaired) electrons. The van der Waals surface area contributed by atoms with Crippen molar-refractivity contribution in [2.75, 3.05) is 7.11 Å². The van der Waals surface area contributed by atoms with Gasteiger partial charge in [0, 0.05) is 12.0 Å². The van der Waals surface area contributed by atoms with E-state index in [-0.39, 0.29) is 0 Å². The highest BCUT2D eigenvalue weighted by atomic mass is 16.5. The third-order valence-corrected chi connectivity index (χ3v) is 3.20. The maximum absolute atomic E-state index is 10.3. The summed E-state index contributed by atoms with van der Waals surface area (Å²) in [6, 6.07) is 16.9. The van der Waals surface area contributed by atoms with Crippen molar-refractivity contribution < 1.29 is 9.84 Å². The standard InChI is InChI=1S/C16H19NO2/c1-19-15-10-6-5-9-13(15)16(17)14(18)11-12-7-3-2-4-8-12/h2-10,14,16,18H,11,17H2,1H3/t14-,16+/m0/s1. The highest BCUT2D eigenvalue weighted by molar-refractivity contribution is 5.36.